The molecule has 0 radical (unpaired) electrons. The van der Waals surface area contributed by atoms with Crippen LogP contribution < -0.4 is 5.32 Å². The normalized spacial score (nSPS) is 12.9. The Bertz CT molecular complexity index is 339. The van der Waals surface area contributed by atoms with Gasteiger partial charge in [-0.1, -0.05) is 32.0 Å². The van der Waals surface area contributed by atoms with Gasteiger partial charge in [-0.25, -0.2) is 0 Å². The fourth-order valence-electron chi connectivity index (χ4n) is 2.22. The Kier molecular flexibility index (Phi) is 6.76. The topological polar surface area (TPSA) is 52.5 Å². The molecule has 0 aliphatic heterocycles. The summed E-state index contributed by atoms with van der Waals surface area (Å²) in [5, 5.41) is 22.0. The molecule has 0 aliphatic rings. The lowest BCUT2D eigenvalue weighted by molar-refractivity contribution is 0.239. The van der Waals surface area contributed by atoms with E-state index in [0.29, 0.717) is 24.1 Å². The maximum absolute atomic E-state index is 9.64. The number of hydrogen-bond donors (Lipinski definition) is 3. The molecule has 1 unspecified atom stereocenters. The van der Waals surface area contributed by atoms with Crippen LogP contribution in [-0.2, 0) is 6.54 Å². The molecule has 3 N–H and O–H groups in total. The summed E-state index contributed by atoms with van der Waals surface area (Å²) in [5.41, 5.74) is 0.921. The number of aliphatic hydroxyl groups is 1. The quantitative estimate of drug-likeness (QED) is 0.665. The van der Waals surface area contributed by atoms with Gasteiger partial charge in [-0.05, 0) is 37.3 Å². The molecule has 1 atom stereocenters. The molecule has 0 heterocycles. The summed E-state index contributed by atoms with van der Waals surface area (Å²) in [6.07, 6.45) is 1.96. The molecule has 0 amide bonds. The highest BCUT2D eigenvalue weighted by Crippen LogP contribution is 2.17. The lowest BCUT2D eigenvalue weighted by Crippen LogP contribution is -2.24. The van der Waals surface area contributed by atoms with E-state index >= 15 is 0 Å². The first-order chi connectivity index (χ1) is 8.63. The van der Waals surface area contributed by atoms with E-state index in [9.17, 15) is 5.11 Å². The maximum Gasteiger partial charge on any atom is 0.120 e. The van der Waals surface area contributed by atoms with Gasteiger partial charge in [0.05, 0.1) is 0 Å². The Hall–Kier alpha value is -1.06. The highest BCUT2D eigenvalue weighted by Gasteiger charge is 2.10. The molecule has 0 bridgehead atoms. The Morgan fingerprint density at radius 2 is 1.94 bits per heavy atom. The van der Waals surface area contributed by atoms with Crippen molar-refractivity contribution in [1.29, 1.82) is 0 Å². The van der Waals surface area contributed by atoms with Crippen LogP contribution in [0.15, 0.2) is 24.3 Å². The number of phenolic OH excluding ortho intramolecular Hbond substituents is 1. The second-order valence-electron chi connectivity index (χ2n) is 5.27. The van der Waals surface area contributed by atoms with Crippen LogP contribution in [0, 0.1) is 11.8 Å². The van der Waals surface area contributed by atoms with Gasteiger partial charge in [-0.3, -0.25) is 0 Å². The van der Waals surface area contributed by atoms with Gasteiger partial charge in [0.15, 0.2) is 0 Å². The van der Waals surface area contributed by atoms with Crippen LogP contribution in [0.5, 0.6) is 5.75 Å². The fraction of sp³-hybridized carbons (Fsp3) is 0.600. The van der Waals surface area contributed by atoms with E-state index in [0.717, 1.165) is 24.9 Å². The van der Waals surface area contributed by atoms with E-state index in [-0.39, 0.29) is 6.61 Å². The largest absolute Gasteiger partial charge is 0.508 e. The van der Waals surface area contributed by atoms with Crippen molar-refractivity contribution < 1.29 is 10.2 Å². The van der Waals surface area contributed by atoms with Crippen LogP contribution >= 0.6 is 0 Å². The standard InChI is InChI=1S/C15H25NO2/c1-12(2)9-13(7-8-17)10-16-11-14-5-3-4-6-15(14)18/h3-6,12-13,16-18H,7-11H2,1-2H3. The first-order valence-corrected chi connectivity index (χ1v) is 6.72. The molecule has 0 saturated heterocycles. The molecule has 3 nitrogen and oxygen atoms in total. The van der Waals surface area contributed by atoms with E-state index in [4.69, 9.17) is 5.11 Å². The first kappa shape index (κ1) is 15.0. The van der Waals surface area contributed by atoms with E-state index in [1.54, 1.807) is 6.07 Å². The first-order valence-electron chi connectivity index (χ1n) is 6.72. The Morgan fingerprint density at radius 1 is 1.22 bits per heavy atom. The lowest BCUT2D eigenvalue weighted by Gasteiger charge is -2.18. The van der Waals surface area contributed by atoms with Crippen LogP contribution in [0.1, 0.15) is 32.3 Å². The summed E-state index contributed by atoms with van der Waals surface area (Å²) < 4.78 is 0. The molecule has 1 rings (SSSR count). The van der Waals surface area contributed by atoms with Crippen molar-refractivity contribution >= 4 is 0 Å². The molecule has 0 aromatic heterocycles. The van der Waals surface area contributed by atoms with Crippen LogP contribution in [0.3, 0.4) is 0 Å². The van der Waals surface area contributed by atoms with E-state index in [1.807, 2.05) is 18.2 Å². The van der Waals surface area contributed by atoms with Gasteiger partial charge in [0.25, 0.3) is 0 Å². The SMILES string of the molecule is CC(C)CC(CCO)CNCc1ccccc1O. The van der Waals surface area contributed by atoms with Gasteiger partial charge in [0.2, 0.25) is 0 Å². The molecular formula is C15H25NO2. The third-order valence-electron chi connectivity index (χ3n) is 3.08. The molecule has 1 aromatic rings. The van der Waals surface area contributed by atoms with Crippen LogP contribution in [0.4, 0.5) is 0 Å². The number of aromatic hydroxyl groups is 1. The zero-order valence-electron chi connectivity index (χ0n) is 11.4. The smallest absolute Gasteiger partial charge is 0.120 e. The minimum Gasteiger partial charge on any atom is -0.508 e. The third kappa shape index (κ3) is 5.52. The predicted molar refractivity (Wildman–Crippen MR) is 74.5 cm³/mol. The highest BCUT2D eigenvalue weighted by atomic mass is 16.3. The molecule has 1 aromatic carbocycles. The second-order valence-corrected chi connectivity index (χ2v) is 5.27. The monoisotopic (exact) mass is 251 g/mol. The molecule has 0 fully saturated rings. The van der Waals surface area contributed by atoms with E-state index < -0.39 is 0 Å². The lowest BCUT2D eigenvalue weighted by atomic mass is 9.94. The van der Waals surface area contributed by atoms with Crippen LogP contribution in [0.25, 0.3) is 0 Å². The van der Waals surface area contributed by atoms with Crippen molar-refractivity contribution in [2.45, 2.75) is 33.2 Å². The summed E-state index contributed by atoms with van der Waals surface area (Å²) in [4.78, 5) is 0. The number of para-hydroxylation sites is 1. The molecular weight excluding hydrogens is 226 g/mol. The van der Waals surface area contributed by atoms with Gasteiger partial charge in [0.1, 0.15) is 5.75 Å². The molecule has 0 saturated carbocycles. The van der Waals surface area contributed by atoms with Crippen molar-refractivity contribution in [3.8, 4) is 5.75 Å². The number of hydrogen-bond acceptors (Lipinski definition) is 3. The number of phenols is 1. The van der Waals surface area contributed by atoms with Crippen molar-refractivity contribution in [2.24, 2.45) is 11.8 Å². The zero-order valence-corrected chi connectivity index (χ0v) is 11.4. The van der Waals surface area contributed by atoms with Gasteiger partial charge in [-0.2, -0.15) is 0 Å². The maximum atomic E-state index is 9.64. The predicted octanol–water partition coefficient (Wildman–Crippen LogP) is 2.53. The minimum atomic E-state index is 0.246. The van der Waals surface area contributed by atoms with E-state index in [2.05, 4.69) is 19.2 Å². The van der Waals surface area contributed by atoms with Crippen LogP contribution in [0.2, 0.25) is 0 Å². The number of nitrogens with one attached hydrogen (secondary N) is 1. The van der Waals surface area contributed by atoms with Gasteiger partial charge in [0, 0.05) is 18.7 Å². The Morgan fingerprint density at radius 3 is 2.56 bits per heavy atom. The molecule has 3 heteroatoms. The zero-order chi connectivity index (χ0) is 13.4. The van der Waals surface area contributed by atoms with Gasteiger partial charge >= 0.3 is 0 Å². The van der Waals surface area contributed by atoms with Crippen LogP contribution in [-0.4, -0.2) is 23.4 Å². The molecule has 0 spiro atoms. The Labute approximate surface area is 110 Å². The average molecular weight is 251 g/mol. The number of benzene rings is 1. The second kappa shape index (κ2) is 8.11. The van der Waals surface area contributed by atoms with Crippen molar-refractivity contribution in [1.82, 2.24) is 5.32 Å². The third-order valence-corrected chi connectivity index (χ3v) is 3.08. The van der Waals surface area contributed by atoms with Crippen molar-refractivity contribution in [2.75, 3.05) is 13.2 Å². The highest BCUT2D eigenvalue weighted by molar-refractivity contribution is 5.31. The average Bonchev–Trinajstić information content (AvgIpc) is 2.31. The fourth-order valence-corrected chi connectivity index (χ4v) is 2.22. The molecule has 18 heavy (non-hydrogen) atoms. The van der Waals surface area contributed by atoms with Gasteiger partial charge < -0.3 is 15.5 Å². The Balaban J connectivity index is 2.36. The summed E-state index contributed by atoms with van der Waals surface area (Å²) in [7, 11) is 0. The molecule has 0 aliphatic carbocycles. The van der Waals surface area contributed by atoms with E-state index in [1.165, 1.54) is 0 Å². The summed E-state index contributed by atoms with van der Waals surface area (Å²) in [5.74, 6) is 1.49. The summed E-state index contributed by atoms with van der Waals surface area (Å²) in [6, 6.07) is 7.38. The summed E-state index contributed by atoms with van der Waals surface area (Å²) in [6.45, 7) is 6.20. The summed E-state index contributed by atoms with van der Waals surface area (Å²) >= 11 is 0. The number of aliphatic hydroxyl groups excluding tert-OH is 1. The minimum absolute atomic E-state index is 0.246. The van der Waals surface area contributed by atoms with Crippen molar-refractivity contribution in [3.63, 3.8) is 0 Å². The molecule has 102 valence electrons. The number of rotatable bonds is 8. The van der Waals surface area contributed by atoms with Crippen molar-refractivity contribution in [3.05, 3.63) is 29.8 Å². The van der Waals surface area contributed by atoms with Gasteiger partial charge in [-0.15, -0.1) is 0 Å².